The van der Waals surface area contributed by atoms with E-state index < -0.39 is 11.7 Å². The lowest BCUT2D eigenvalue weighted by molar-refractivity contribution is -0.139. The van der Waals surface area contributed by atoms with Crippen LogP contribution in [0, 0.1) is 11.8 Å². The number of rotatable bonds is 6. The number of alkyl halides is 3. The van der Waals surface area contributed by atoms with Crippen molar-refractivity contribution in [3.8, 4) is 5.75 Å². The second-order valence-electron chi connectivity index (χ2n) is 9.94. The van der Waals surface area contributed by atoms with Crippen LogP contribution in [-0.2, 0) is 11.0 Å². The van der Waals surface area contributed by atoms with Crippen molar-refractivity contribution < 1.29 is 22.7 Å². The number of nitrogens with zero attached hydrogens (tertiary/aromatic N) is 4. The molecule has 1 aromatic heterocycles. The number of amides is 1. The Kier molecular flexibility index (Phi) is 6.84. The van der Waals surface area contributed by atoms with E-state index in [-0.39, 0.29) is 30.1 Å². The van der Waals surface area contributed by atoms with Gasteiger partial charge in [0, 0.05) is 50.1 Å². The fourth-order valence-corrected chi connectivity index (χ4v) is 5.15. The first-order chi connectivity index (χ1) is 16.9. The molecule has 3 fully saturated rings. The number of aromatic nitrogens is 2. The van der Waals surface area contributed by atoms with Crippen LogP contribution in [0.3, 0.4) is 0 Å². The second kappa shape index (κ2) is 10.0. The molecule has 2 aliphatic heterocycles. The number of hydrogen-bond donors (Lipinski definition) is 0. The van der Waals surface area contributed by atoms with Gasteiger partial charge < -0.3 is 14.5 Å². The molecule has 0 radical (unpaired) electrons. The molecule has 1 amide bonds. The highest BCUT2D eigenvalue weighted by Crippen LogP contribution is 2.37. The lowest BCUT2D eigenvalue weighted by Crippen LogP contribution is -2.39. The number of carbonyl (C=O) groups is 1. The molecule has 0 spiro atoms. The Morgan fingerprint density at radius 3 is 2.54 bits per heavy atom. The molecule has 0 N–H and O–H groups in total. The van der Waals surface area contributed by atoms with Gasteiger partial charge in [0.15, 0.2) is 0 Å². The Labute approximate surface area is 203 Å². The average Bonchev–Trinajstić information content (AvgIpc) is 3.73. The predicted molar refractivity (Wildman–Crippen MR) is 125 cm³/mol. The van der Waals surface area contributed by atoms with E-state index >= 15 is 0 Å². The van der Waals surface area contributed by atoms with Crippen LogP contribution in [0.4, 0.5) is 19.0 Å². The van der Waals surface area contributed by atoms with Gasteiger partial charge in [-0.15, -0.1) is 0 Å². The standard InChI is InChI=1S/C26H31F3N4O2/c27-26(28,29)21-5-1-2-6-23(21)35-17-18-4-3-11-33(16-18)24-15-30-14-22(31-24)19-9-12-32(13-10-19)25(34)20-7-8-20/h1-2,5-6,14-15,18-20H,3-4,7-13,16-17H2. The maximum Gasteiger partial charge on any atom is 0.419 e. The summed E-state index contributed by atoms with van der Waals surface area (Å²) in [5.74, 6) is 1.64. The van der Waals surface area contributed by atoms with Gasteiger partial charge in [-0.1, -0.05) is 12.1 Å². The predicted octanol–water partition coefficient (Wildman–Crippen LogP) is 4.91. The number of para-hydroxylation sites is 1. The van der Waals surface area contributed by atoms with E-state index in [0.29, 0.717) is 12.5 Å². The summed E-state index contributed by atoms with van der Waals surface area (Å²) in [4.78, 5) is 25.8. The summed E-state index contributed by atoms with van der Waals surface area (Å²) in [6.07, 6.45) is 4.81. The summed E-state index contributed by atoms with van der Waals surface area (Å²) in [5.41, 5.74) is 0.217. The molecule has 1 aromatic carbocycles. The third kappa shape index (κ3) is 5.70. The first-order valence-corrected chi connectivity index (χ1v) is 12.5. The fourth-order valence-electron chi connectivity index (χ4n) is 5.15. The lowest BCUT2D eigenvalue weighted by atomic mass is 9.93. The van der Waals surface area contributed by atoms with Gasteiger partial charge in [-0.25, -0.2) is 4.98 Å². The van der Waals surface area contributed by atoms with E-state index in [1.165, 1.54) is 12.1 Å². The van der Waals surface area contributed by atoms with Crippen LogP contribution in [0.25, 0.3) is 0 Å². The van der Waals surface area contributed by atoms with Crippen molar-refractivity contribution in [3.05, 3.63) is 47.9 Å². The van der Waals surface area contributed by atoms with Crippen molar-refractivity contribution in [2.75, 3.05) is 37.7 Å². The molecule has 2 saturated heterocycles. The highest BCUT2D eigenvalue weighted by atomic mass is 19.4. The van der Waals surface area contributed by atoms with Crippen LogP contribution in [0.1, 0.15) is 55.7 Å². The van der Waals surface area contributed by atoms with E-state index in [0.717, 1.165) is 75.7 Å². The van der Waals surface area contributed by atoms with Crippen molar-refractivity contribution in [1.29, 1.82) is 0 Å². The number of anilines is 1. The molecule has 35 heavy (non-hydrogen) atoms. The molecule has 1 aliphatic carbocycles. The fraction of sp³-hybridized carbons (Fsp3) is 0.577. The minimum atomic E-state index is -4.44. The van der Waals surface area contributed by atoms with Crippen molar-refractivity contribution in [2.45, 2.75) is 50.6 Å². The van der Waals surface area contributed by atoms with Gasteiger partial charge in [0.05, 0.1) is 24.1 Å². The highest BCUT2D eigenvalue weighted by molar-refractivity contribution is 5.81. The average molecular weight is 489 g/mol. The van der Waals surface area contributed by atoms with Crippen molar-refractivity contribution in [3.63, 3.8) is 0 Å². The summed E-state index contributed by atoms with van der Waals surface area (Å²) in [7, 11) is 0. The monoisotopic (exact) mass is 488 g/mol. The molecular formula is C26H31F3N4O2. The third-order valence-electron chi connectivity index (χ3n) is 7.30. The van der Waals surface area contributed by atoms with E-state index in [2.05, 4.69) is 9.88 Å². The Bertz CT molecular complexity index is 1040. The Morgan fingerprint density at radius 1 is 1.03 bits per heavy atom. The van der Waals surface area contributed by atoms with Crippen LogP contribution >= 0.6 is 0 Å². The van der Waals surface area contributed by atoms with Crippen molar-refractivity contribution in [2.24, 2.45) is 11.8 Å². The van der Waals surface area contributed by atoms with E-state index in [9.17, 15) is 18.0 Å². The molecule has 6 nitrogen and oxygen atoms in total. The zero-order valence-electron chi connectivity index (χ0n) is 19.7. The quantitative estimate of drug-likeness (QED) is 0.579. The number of halogens is 3. The van der Waals surface area contributed by atoms with E-state index in [1.54, 1.807) is 12.3 Å². The van der Waals surface area contributed by atoms with Crippen LogP contribution in [0.2, 0.25) is 0 Å². The largest absolute Gasteiger partial charge is 0.493 e. The molecule has 188 valence electrons. The summed E-state index contributed by atoms with van der Waals surface area (Å²) < 4.78 is 45.4. The first kappa shape index (κ1) is 23.9. The summed E-state index contributed by atoms with van der Waals surface area (Å²) >= 11 is 0. The molecule has 3 heterocycles. The van der Waals surface area contributed by atoms with Crippen LogP contribution in [-0.4, -0.2) is 53.6 Å². The zero-order chi connectivity index (χ0) is 24.4. The number of ether oxygens (including phenoxy) is 1. The molecule has 2 aromatic rings. The van der Waals surface area contributed by atoms with Gasteiger partial charge in [-0.2, -0.15) is 13.2 Å². The number of carbonyl (C=O) groups excluding carboxylic acids is 1. The Balaban J connectivity index is 1.18. The van der Waals surface area contributed by atoms with Gasteiger partial charge in [-0.05, 0) is 50.7 Å². The van der Waals surface area contributed by atoms with Crippen LogP contribution in [0.5, 0.6) is 5.75 Å². The van der Waals surface area contributed by atoms with Crippen LogP contribution in [0.15, 0.2) is 36.7 Å². The third-order valence-corrected chi connectivity index (χ3v) is 7.30. The Hall–Kier alpha value is -2.84. The molecule has 1 atom stereocenters. The van der Waals surface area contributed by atoms with E-state index in [4.69, 9.17) is 9.72 Å². The zero-order valence-corrected chi connectivity index (χ0v) is 19.7. The minimum Gasteiger partial charge on any atom is -0.493 e. The topological polar surface area (TPSA) is 58.6 Å². The molecule has 3 aliphatic rings. The molecule has 5 rings (SSSR count). The molecule has 0 bridgehead atoms. The number of hydrogen-bond acceptors (Lipinski definition) is 5. The minimum absolute atomic E-state index is 0.104. The molecule has 1 saturated carbocycles. The van der Waals surface area contributed by atoms with Gasteiger partial charge >= 0.3 is 6.18 Å². The maximum absolute atomic E-state index is 13.3. The van der Waals surface area contributed by atoms with Gasteiger partial charge in [0.2, 0.25) is 5.91 Å². The van der Waals surface area contributed by atoms with Gasteiger partial charge in [-0.3, -0.25) is 9.78 Å². The molecule has 9 heteroatoms. The number of likely N-dealkylation sites (tertiary alicyclic amines) is 1. The van der Waals surface area contributed by atoms with Crippen molar-refractivity contribution in [1.82, 2.24) is 14.9 Å². The summed E-state index contributed by atoms with van der Waals surface area (Å²) in [6.45, 7) is 3.27. The summed E-state index contributed by atoms with van der Waals surface area (Å²) in [6, 6.07) is 5.36. The molecule has 1 unspecified atom stereocenters. The Morgan fingerprint density at radius 2 is 1.80 bits per heavy atom. The van der Waals surface area contributed by atoms with Crippen molar-refractivity contribution >= 4 is 11.7 Å². The van der Waals surface area contributed by atoms with Gasteiger partial charge in [0.25, 0.3) is 0 Å². The van der Waals surface area contributed by atoms with E-state index in [1.807, 2.05) is 11.1 Å². The SMILES string of the molecule is O=C(C1CC1)N1CCC(c2cncc(N3CCCC(COc4ccccc4C(F)(F)F)C3)n2)CC1. The number of benzene rings is 1. The summed E-state index contributed by atoms with van der Waals surface area (Å²) in [5, 5.41) is 0. The maximum atomic E-state index is 13.3. The smallest absolute Gasteiger partial charge is 0.419 e. The molecular weight excluding hydrogens is 457 g/mol. The normalized spacial score (nSPS) is 21.7. The first-order valence-electron chi connectivity index (χ1n) is 12.5. The van der Waals surface area contributed by atoms with Gasteiger partial charge in [0.1, 0.15) is 11.6 Å². The highest BCUT2D eigenvalue weighted by Gasteiger charge is 2.36. The number of piperidine rings is 2. The van der Waals surface area contributed by atoms with Crippen LogP contribution < -0.4 is 9.64 Å². The lowest BCUT2D eigenvalue weighted by Gasteiger charge is -2.34. The second-order valence-corrected chi connectivity index (χ2v) is 9.94.